The minimum absolute atomic E-state index is 0.210. The monoisotopic (exact) mass is 440 g/mol. The van der Waals surface area contributed by atoms with Gasteiger partial charge in [0.15, 0.2) is 0 Å². The average molecular weight is 441 g/mol. The summed E-state index contributed by atoms with van der Waals surface area (Å²) in [5.74, 6) is -0.417. The molecule has 1 aliphatic rings. The number of para-hydroxylation sites is 1. The molecule has 8 nitrogen and oxygen atoms in total. The molecular weight excluding hydrogens is 416 g/mol. The predicted octanol–water partition coefficient (Wildman–Crippen LogP) is 2.45. The molecule has 1 aliphatic heterocycles. The number of rotatable bonds is 4. The number of benzene rings is 2. The lowest BCUT2D eigenvalue weighted by Crippen LogP contribution is -2.34. The van der Waals surface area contributed by atoms with Crippen LogP contribution in [0.4, 0.5) is 11.4 Å². The summed E-state index contributed by atoms with van der Waals surface area (Å²) in [6.45, 7) is 3.60. The van der Waals surface area contributed by atoms with Crippen LogP contribution >= 0.6 is 0 Å². The molecule has 1 N–H and O–H groups in total. The molecule has 2 aromatic carbocycles. The third-order valence-electron chi connectivity index (χ3n) is 5.64. The van der Waals surface area contributed by atoms with Gasteiger partial charge in [-0.15, -0.1) is 0 Å². The van der Waals surface area contributed by atoms with Crippen LogP contribution in [0.2, 0.25) is 0 Å². The maximum Gasteiger partial charge on any atom is 0.295 e. The molecule has 2 heterocycles. The Morgan fingerprint density at radius 3 is 2.45 bits per heavy atom. The Morgan fingerprint density at radius 1 is 1.13 bits per heavy atom. The van der Waals surface area contributed by atoms with Crippen LogP contribution in [0.15, 0.2) is 53.3 Å². The second kappa shape index (κ2) is 7.42. The smallest absolute Gasteiger partial charge is 0.295 e. The molecule has 0 radical (unpaired) electrons. The second-order valence-electron chi connectivity index (χ2n) is 7.85. The summed E-state index contributed by atoms with van der Waals surface area (Å²) in [6, 6.07) is 13.9. The van der Waals surface area contributed by atoms with Gasteiger partial charge < -0.3 is 5.32 Å². The second-order valence-corrected chi connectivity index (χ2v) is 9.71. The van der Waals surface area contributed by atoms with E-state index >= 15 is 0 Å². The molecule has 4 rings (SSSR count). The number of carbonyl (C=O) groups is 1. The van der Waals surface area contributed by atoms with Crippen LogP contribution in [0.1, 0.15) is 28.5 Å². The normalized spacial score (nSPS) is 15.7. The largest absolute Gasteiger partial charge is 0.316 e. The fraction of sp³-hybridized carbons (Fsp3) is 0.273. The number of hydrogen-bond donors (Lipinski definition) is 1. The SMILES string of the molecule is Cc1c(NC(=O)c2ccc3c(c2)C[C@H](C)N3S(C)(=O)=O)c(=O)n(-c2ccccc2)n1C. The molecule has 1 aromatic heterocycles. The summed E-state index contributed by atoms with van der Waals surface area (Å²) < 4.78 is 28.8. The molecule has 31 heavy (non-hydrogen) atoms. The number of aromatic nitrogens is 2. The molecule has 0 spiro atoms. The molecule has 1 amide bonds. The van der Waals surface area contributed by atoms with Crippen molar-refractivity contribution in [1.29, 1.82) is 0 Å². The number of sulfonamides is 1. The molecular formula is C22H24N4O4S. The summed E-state index contributed by atoms with van der Waals surface area (Å²) >= 11 is 0. The molecule has 0 unspecified atom stereocenters. The fourth-order valence-electron chi connectivity index (χ4n) is 4.15. The van der Waals surface area contributed by atoms with Crippen molar-refractivity contribution in [3.8, 4) is 5.69 Å². The van der Waals surface area contributed by atoms with Gasteiger partial charge in [0.1, 0.15) is 5.69 Å². The van der Waals surface area contributed by atoms with Crippen LogP contribution in [0.5, 0.6) is 0 Å². The van der Waals surface area contributed by atoms with Gasteiger partial charge in [0.25, 0.3) is 11.5 Å². The Morgan fingerprint density at radius 2 is 1.81 bits per heavy atom. The van der Waals surface area contributed by atoms with E-state index in [9.17, 15) is 18.0 Å². The first-order valence-corrected chi connectivity index (χ1v) is 11.7. The maximum absolute atomic E-state index is 13.0. The highest BCUT2D eigenvalue weighted by Crippen LogP contribution is 2.34. The molecule has 0 fully saturated rings. The van der Waals surface area contributed by atoms with Crippen LogP contribution in [0.3, 0.4) is 0 Å². The maximum atomic E-state index is 13.0. The fourth-order valence-corrected chi connectivity index (χ4v) is 5.41. The highest BCUT2D eigenvalue weighted by Gasteiger charge is 2.33. The number of nitrogens with one attached hydrogen (secondary N) is 1. The summed E-state index contributed by atoms with van der Waals surface area (Å²) in [7, 11) is -1.64. The molecule has 162 valence electrons. The summed E-state index contributed by atoms with van der Waals surface area (Å²) in [6.07, 6.45) is 1.70. The minimum Gasteiger partial charge on any atom is -0.316 e. The zero-order valence-electron chi connectivity index (χ0n) is 17.8. The standard InChI is InChI=1S/C22H24N4O4S/c1-14-12-17-13-16(10-11-19(17)26(14)31(4,29)30)21(27)23-20-15(2)24(3)25(22(20)28)18-8-6-5-7-9-18/h5-11,13-14H,12H2,1-4H3,(H,23,27)/t14-/m0/s1. The topological polar surface area (TPSA) is 93.4 Å². The Bertz CT molecular complexity index is 1340. The van der Waals surface area contributed by atoms with Crippen molar-refractivity contribution < 1.29 is 13.2 Å². The third kappa shape index (κ3) is 3.54. The lowest BCUT2D eigenvalue weighted by atomic mass is 10.1. The van der Waals surface area contributed by atoms with Gasteiger partial charge in [-0.05, 0) is 56.2 Å². The lowest BCUT2D eigenvalue weighted by molar-refractivity contribution is 0.102. The van der Waals surface area contributed by atoms with Crippen molar-refractivity contribution in [2.75, 3.05) is 15.9 Å². The average Bonchev–Trinajstić information content (AvgIpc) is 3.16. The quantitative estimate of drug-likeness (QED) is 0.674. The number of carbonyl (C=O) groups excluding carboxylic acids is 1. The van der Waals surface area contributed by atoms with Crippen molar-refractivity contribution >= 4 is 27.3 Å². The third-order valence-corrected chi connectivity index (χ3v) is 6.92. The van der Waals surface area contributed by atoms with E-state index in [0.29, 0.717) is 29.1 Å². The first-order chi connectivity index (χ1) is 14.6. The Hall–Kier alpha value is -3.33. The summed E-state index contributed by atoms with van der Waals surface area (Å²) in [4.78, 5) is 26.0. The van der Waals surface area contributed by atoms with Gasteiger partial charge in [0.05, 0.1) is 23.3 Å². The van der Waals surface area contributed by atoms with Crippen LogP contribution in [0, 0.1) is 6.92 Å². The Kier molecular flexibility index (Phi) is 5.01. The molecule has 3 aromatic rings. The first-order valence-electron chi connectivity index (χ1n) is 9.87. The number of hydrogen-bond acceptors (Lipinski definition) is 4. The summed E-state index contributed by atoms with van der Waals surface area (Å²) in [5, 5.41) is 2.74. The van der Waals surface area contributed by atoms with E-state index in [0.717, 1.165) is 5.56 Å². The van der Waals surface area contributed by atoms with E-state index in [4.69, 9.17) is 0 Å². The van der Waals surface area contributed by atoms with Crippen LogP contribution in [0.25, 0.3) is 5.69 Å². The zero-order chi connectivity index (χ0) is 22.5. The Balaban J connectivity index is 1.67. The van der Waals surface area contributed by atoms with Crippen LogP contribution in [-0.2, 0) is 23.5 Å². The minimum atomic E-state index is -3.40. The predicted molar refractivity (Wildman–Crippen MR) is 121 cm³/mol. The van der Waals surface area contributed by atoms with E-state index < -0.39 is 15.9 Å². The van der Waals surface area contributed by atoms with Crippen molar-refractivity contribution in [3.05, 3.63) is 75.7 Å². The lowest BCUT2D eigenvalue weighted by Gasteiger charge is -2.21. The number of nitrogens with zero attached hydrogens (tertiary/aromatic N) is 3. The van der Waals surface area contributed by atoms with Crippen LogP contribution < -0.4 is 15.2 Å². The van der Waals surface area contributed by atoms with Gasteiger partial charge in [-0.25, -0.2) is 13.1 Å². The molecule has 0 aliphatic carbocycles. The van der Waals surface area contributed by atoms with E-state index in [1.807, 2.05) is 37.3 Å². The highest BCUT2D eigenvalue weighted by atomic mass is 32.2. The van der Waals surface area contributed by atoms with Gasteiger partial charge in [-0.3, -0.25) is 18.6 Å². The first kappa shape index (κ1) is 20.9. The van der Waals surface area contributed by atoms with E-state index in [-0.39, 0.29) is 17.3 Å². The molecule has 0 saturated carbocycles. The van der Waals surface area contributed by atoms with Gasteiger partial charge in [-0.1, -0.05) is 18.2 Å². The highest BCUT2D eigenvalue weighted by molar-refractivity contribution is 7.92. The molecule has 1 atom stereocenters. The van der Waals surface area contributed by atoms with E-state index in [1.54, 1.807) is 36.9 Å². The molecule has 0 saturated heterocycles. The van der Waals surface area contributed by atoms with Crippen molar-refractivity contribution in [2.24, 2.45) is 7.05 Å². The van der Waals surface area contributed by atoms with E-state index in [1.165, 1.54) is 15.2 Å². The van der Waals surface area contributed by atoms with Gasteiger partial charge in [0.2, 0.25) is 10.0 Å². The van der Waals surface area contributed by atoms with Gasteiger partial charge in [0, 0.05) is 18.7 Å². The molecule has 0 bridgehead atoms. The van der Waals surface area contributed by atoms with Gasteiger partial charge >= 0.3 is 0 Å². The van der Waals surface area contributed by atoms with Crippen molar-refractivity contribution in [3.63, 3.8) is 0 Å². The van der Waals surface area contributed by atoms with Crippen LogP contribution in [-0.4, -0.2) is 36.0 Å². The number of amides is 1. The molecule has 9 heteroatoms. The summed E-state index contributed by atoms with van der Waals surface area (Å²) in [5.41, 5.74) is 2.97. The zero-order valence-corrected chi connectivity index (χ0v) is 18.6. The van der Waals surface area contributed by atoms with Gasteiger partial charge in [-0.2, -0.15) is 0 Å². The Labute approximate surface area is 180 Å². The number of anilines is 2. The van der Waals surface area contributed by atoms with E-state index in [2.05, 4.69) is 5.32 Å². The number of fused-ring (bicyclic) bond motifs is 1. The van der Waals surface area contributed by atoms with Crippen molar-refractivity contribution in [2.45, 2.75) is 26.3 Å². The van der Waals surface area contributed by atoms with Crippen molar-refractivity contribution in [1.82, 2.24) is 9.36 Å².